The number of ether oxygens (including phenoxy) is 1. The molecule has 9 heteroatoms. The highest BCUT2D eigenvalue weighted by Gasteiger charge is 2.34. The number of rotatable bonds is 7. The first-order chi connectivity index (χ1) is 12.0. The predicted octanol–water partition coefficient (Wildman–Crippen LogP) is 2.08. The summed E-state index contributed by atoms with van der Waals surface area (Å²) in [5.41, 5.74) is 0.724. The minimum Gasteiger partial charge on any atom is -0.383 e. The summed E-state index contributed by atoms with van der Waals surface area (Å²) in [6, 6.07) is 3.71. The van der Waals surface area contributed by atoms with Gasteiger partial charge in [0.2, 0.25) is 5.91 Å². The Morgan fingerprint density at radius 3 is 2.92 bits per heavy atom. The summed E-state index contributed by atoms with van der Waals surface area (Å²) in [5.74, 6) is 0.0929. The van der Waals surface area contributed by atoms with Gasteiger partial charge in [-0.2, -0.15) is 0 Å². The van der Waals surface area contributed by atoms with Gasteiger partial charge in [-0.25, -0.2) is 13.4 Å². The first-order valence-electron chi connectivity index (χ1n) is 7.95. The van der Waals surface area contributed by atoms with Crippen LogP contribution in [-0.4, -0.2) is 62.0 Å². The first-order valence-corrected chi connectivity index (χ1v) is 11.5. The topological polar surface area (TPSA) is 76.6 Å². The molecule has 2 aromatic heterocycles. The van der Waals surface area contributed by atoms with Gasteiger partial charge in [0.1, 0.15) is 5.01 Å². The van der Waals surface area contributed by atoms with E-state index in [9.17, 15) is 13.2 Å². The number of aromatic nitrogens is 1. The fourth-order valence-electron chi connectivity index (χ4n) is 2.88. The lowest BCUT2D eigenvalue weighted by atomic mass is 10.2. The molecular weight excluding hydrogens is 380 g/mol. The van der Waals surface area contributed by atoms with E-state index >= 15 is 0 Å². The third-order valence-electron chi connectivity index (χ3n) is 4.12. The Hall–Kier alpha value is -1.29. The lowest BCUT2D eigenvalue weighted by Crippen LogP contribution is -2.43. The molecule has 1 amide bonds. The molecule has 3 heterocycles. The Morgan fingerprint density at radius 2 is 2.28 bits per heavy atom. The molecule has 136 valence electrons. The molecule has 0 spiro atoms. The zero-order valence-corrected chi connectivity index (χ0v) is 16.3. The summed E-state index contributed by atoms with van der Waals surface area (Å²) >= 11 is 3.13. The van der Waals surface area contributed by atoms with E-state index in [0.717, 1.165) is 15.6 Å². The maximum Gasteiger partial charge on any atom is 0.228 e. The van der Waals surface area contributed by atoms with E-state index in [4.69, 9.17) is 4.74 Å². The van der Waals surface area contributed by atoms with Crippen LogP contribution in [0.2, 0.25) is 0 Å². The van der Waals surface area contributed by atoms with Crippen molar-refractivity contribution in [3.05, 3.63) is 28.6 Å². The first kappa shape index (κ1) is 18.5. The minimum atomic E-state index is -3.04. The van der Waals surface area contributed by atoms with Crippen LogP contribution in [-0.2, 0) is 25.8 Å². The van der Waals surface area contributed by atoms with Gasteiger partial charge in [0.05, 0.1) is 35.1 Å². The van der Waals surface area contributed by atoms with Crippen LogP contribution >= 0.6 is 22.7 Å². The van der Waals surface area contributed by atoms with Crippen molar-refractivity contribution in [1.82, 2.24) is 9.88 Å². The monoisotopic (exact) mass is 400 g/mol. The minimum absolute atomic E-state index is 0.0416. The SMILES string of the molecule is COCCN(C(=O)Cc1csc(-c2cccs2)n1)C1CCS(=O)(=O)C1. The van der Waals surface area contributed by atoms with Crippen molar-refractivity contribution < 1.29 is 17.9 Å². The Kier molecular flexibility index (Phi) is 5.88. The average Bonchev–Trinajstić information content (AvgIpc) is 3.28. The summed E-state index contributed by atoms with van der Waals surface area (Å²) < 4.78 is 28.6. The van der Waals surface area contributed by atoms with E-state index in [1.165, 1.54) is 11.3 Å². The molecule has 0 N–H and O–H groups in total. The number of nitrogens with zero attached hydrogens (tertiary/aromatic N) is 2. The van der Waals surface area contributed by atoms with Crippen LogP contribution in [0.25, 0.3) is 9.88 Å². The third kappa shape index (κ3) is 4.66. The van der Waals surface area contributed by atoms with Gasteiger partial charge in [-0.3, -0.25) is 4.79 Å². The second-order valence-electron chi connectivity index (χ2n) is 5.93. The molecule has 2 aromatic rings. The largest absolute Gasteiger partial charge is 0.383 e. The van der Waals surface area contributed by atoms with Crippen LogP contribution in [0.1, 0.15) is 12.1 Å². The quantitative estimate of drug-likeness (QED) is 0.711. The smallest absolute Gasteiger partial charge is 0.228 e. The van der Waals surface area contributed by atoms with E-state index in [1.54, 1.807) is 23.3 Å². The number of thiazole rings is 1. The normalized spacial score (nSPS) is 19.2. The van der Waals surface area contributed by atoms with Crippen molar-refractivity contribution in [3.8, 4) is 9.88 Å². The lowest BCUT2D eigenvalue weighted by Gasteiger charge is -2.27. The van der Waals surface area contributed by atoms with Crippen molar-refractivity contribution in [2.24, 2.45) is 0 Å². The van der Waals surface area contributed by atoms with E-state index in [2.05, 4.69) is 4.98 Å². The maximum absolute atomic E-state index is 12.8. The molecule has 1 unspecified atom stereocenters. The molecule has 1 saturated heterocycles. The van der Waals surface area contributed by atoms with Crippen LogP contribution in [0, 0.1) is 0 Å². The van der Waals surface area contributed by atoms with Crippen LogP contribution in [0.15, 0.2) is 22.9 Å². The van der Waals surface area contributed by atoms with E-state index in [-0.39, 0.29) is 29.9 Å². The Bertz CT molecular complexity index is 814. The second-order valence-corrected chi connectivity index (χ2v) is 9.97. The molecule has 25 heavy (non-hydrogen) atoms. The number of carbonyl (C=O) groups is 1. The molecular formula is C16H20N2O4S3. The highest BCUT2D eigenvalue weighted by molar-refractivity contribution is 7.91. The summed E-state index contributed by atoms with van der Waals surface area (Å²) in [5, 5.41) is 4.80. The molecule has 1 aliphatic heterocycles. The van der Waals surface area contributed by atoms with Gasteiger partial charge < -0.3 is 9.64 Å². The van der Waals surface area contributed by atoms with Gasteiger partial charge in [0.25, 0.3) is 0 Å². The van der Waals surface area contributed by atoms with Gasteiger partial charge in [-0.1, -0.05) is 6.07 Å². The Morgan fingerprint density at radius 1 is 1.44 bits per heavy atom. The number of hydrogen-bond acceptors (Lipinski definition) is 7. The van der Waals surface area contributed by atoms with Crippen molar-refractivity contribution in [1.29, 1.82) is 0 Å². The summed E-state index contributed by atoms with van der Waals surface area (Å²) in [6.45, 7) is 0.789. The number of sulfone groups is 1. The number of methoxy groups -OCH3 is 1. The maximum atomic E-state index is 12.8. The summed E-state index contributed by atoms with van der Waals surface area (Å²) in [7, 11) is -1.47. The molecule has 3 rings (SSSR count). The van der Waals surface area contributed by atoms with Gasteiger partial charge in [0.15, 0.2) is 9.84 Å². The Balaban J connectivity index is 1.70. The van der Waals surface area contributed by atoms with E-state index in [0.29, 0.717) is 19.6 Å². The number of amides is 1. The van der Waals surface area contributed by atoms with Crippen LogP contribution in [0.4, 0.5) is 0 Å². The standard InChI is InChI=1S/C16H20N2O4S3/c1-22-6-5-18(13-4-8-25(20,21)11-13)15(19)9-12-10-24-16(17-12)14-3-2-7-23-14/h2-3,7,10,13H,4-6,8-9,11H2,1H3. The average molecular weight is 401 g/mol. The van der Waals surface area contributed by atoms with Crippen LogP contribution in [0.3, 0.4) is 0 Å². The summed E-state index contributed by atoms with van der Waals surface area (Å²) in [6.07, 6.45) is 0.678. The van der Waals surface area contributed by atoms with Gasteiger partial charge >= 0.3 is 0 Å². The van der Waals surface area contributed by atoms with Crippen molar-refractivity contribution in [2.75, 3.05) is 31.8 Å². The summed E-state index contributed by atoms with van der Waals surface area (Å²) in [4.78, 5) is 20.0. The molecule has 0 aliphatic carbocycles. The molecule has 1 fully saturated rings. The zero-order chi connectivity index (χ0) is 17.9. The van der Waals surface area contributed by atoms with Gasteiger partial charge in [0, 0.05) is 25.1 Å². The highest BCUT2D eigenvalue weighted by atomic mass is 32.2. The second kappa shape index (κ2) is 7.94. The molecule has 1 aliphatic rings. The van der Waals surface area contributed by atoms with Crippen molar-refractivity contribution >= 4 is 38.4 Å². The Labute approximate surface area is 155 Å². The van der Waals surface area contributed by atoms with Gasteiger partial charge in [-0.05, 0) is 17.9 Å². The molecule has 1 atom stereocenters. The molecule has 0 saturated carbocycles. The fourth-order valence-corrected chi connectivity index (χ4v) is 6.24. The van der Waals surface area contributed by atoms with E-state index in [1.807, 2.05) is 22.9 Å². The third-order valence-corrected chi connectivity index (χ3v) is 7.80. The fraction of sp³-hybridized carbons (Fsp3) is 0.500. The van der Waals surface area contributed by atoms with Crippen LogP contribution in [0.5, 0.6) is 0 Å². The molecule has 0 bridgehead atoms. The number of hydrogen-bond donors (Lipinski definition) is 0. The predicted molar refractivity (Wildman–Crippen MR) is 99.8 cm³/mol. The molecule has 6 nitrogen and oxygen atoms in total. The zero-order valence-electron chi connectivity index (χ0n) is 13.9. The number of carbonyl (C=O) groups excluding carboxylic acids is 1. The number of thiophene rings is 1. The molecule has 0 radical (unpaired) electrons. The van der Waals surface area contributed by atoms with Crippen LogP contribution < -0.4 is 0 Å². The van der Waals surface area contributed by atoms with Gasteiger partial charge in [-0.15, -0.1) is 22.7 Å². The lowest BCUT2D eigenvalue weighted by molar-refractivity contribution is -0.133. The van der Waals surface area contributed by atoms with Crippen molar-refractivity contribution in [2.45, 2.75) is 18.9 Å². The highest BCUT2D eigenvalue weighted by Crippen LogP contribution is 2.28. The van der Waals surface area contributed by atoms with E-state index < -0.39 is 9.84 Å². The van der Waals surface area contributed by atoms with Crippen molar-refractivity contribution in [3.63, 3.8) is 0 Å². The molecule has 0 aromatic carbocycles.